The summed E-state index contributed by atoms with van der Waals surface area (Å²) < 4.78 is 12.7. The molecule has 2 nitrogen and oxygen atoms in total. The first-order valence-corrected chi connectivity index (χ1v) is 7.90. The summed E-state index contributed by atoms with van der Waals surface area (Å²) in [4.78, 5) is 12.8. The number of rotatable bonds is 5. The smallest absolute Gasteiger partial charge is 0.221 e. The highest BCUT2D eigenvalue weighted by Crippen LogP contribution is 2.20. The molecule has 1 saturated carbocycles. The molecule has 104 valence electrons. The third-order valence-electron chi connectivity index (χ3n) is 3.38. The maximum Gasteiger partial charge on any atom is 0.221 e. The molecule has 19 heavy (non-hydrogen) atoms. The number of amides is 1. The SMILES string of the molecule is O=C(CCSc1ccc(F)cc1)NC1CCCCC1. The van der Waals surface area contributed by atoms with Gasteiger partial charge < -0.3 is 5.32 Å². The second-order valence-electron chi connectivity index (χ2n) is 4.95. The number of halogens is 1. The standard InChI is InChI=1S/C15H20FNOS/c16-12-6-8-14(9-7-12)19-11-10-15(18)17-13-4-2-1-3-5-13/h6-9,13H,1-5,10-11H2,(H,17,18). The summed E-state index contributed by atoms with van der Waals surface area (Å²) in [5, 5.41) is 3.10. The maximum absolute atomic E-state index is 12.7. The fraction of sp³-hybridized carbons (Fsp3) is 0.533. The largest absolute Gasteiger partial charge is 0.353 e. The summed E-state index contributed by atoms with van der Waals surface area (Å²) in [6.07, 6.45) is 6.53. The molecule has 0 radical (unpaired) electrons. The first-order chi connectivity index (χ1) is 9.24. The van der Waals surface area contributed by atoms with Crippen molar-refractivity contribution < 1.29 is 9.18 Å². The zero-order chi connectivity index (χ0) is 13.5. The summed E-state index contributed by atoms with van der Waals surface area (Å²) in [7, 11) is 0. The van der Waals surface area contributed by atoms with E-state index in [1.165, 1.54) is 31.4 Å². The number of hydrogen-bond acceptors (Lipinski definition) is 2. The van der Waals surface area contributed by atoms with Gasteiger partial charge in [-0.2, -0.15) is 0 Å². The van der Waals surface area contributed by atoms with Crippen LogP contribution in [0, 0.1) is 5.82 Å². The van der Waals surface area contributed by atoms with E-state index in [9.17, 15) is 9.18 Å². The minimum Gasteiger partial charge on any atom is -0.353 e. The zero-order valence-electron chi connectivity index (χ0n) is 11.0. The Bertz CT molecular complexity index is 401. The van der Waals surface area contributed by atoms with Crippen LogP contribution in [0.5, 0.6) is 0 Å². The number of hydrogen-bond donors (Lipinski definition) is 1. The van der Waals surface area contributed by atoms with Gasteiger partial charge in [-0.15, -0.1) is 11.8 Å². The first kappa shape index (κ1) is 14.4. The van der Waals surface area contributed by atoms with E-state index in [1.54, 1.807) is 23.9 Å². The molecule has 0 bridgehead atoms. The molecule has 4 heteroatoms. The molecular weight excluding hydrogens is 261 g/mol. The van der Waals surface area contributed by atoms with Gasteiger partial charge in [0.1, 0.15) is 5.82 Å². The summed E-state index contributed by atoms with van der Waals surface area (Å²) in [6, 6.07) is 6.78. The Balaban J connectivity index is 1.64. The molecular formula is C15H20FNOS. The Hall–Kier alpha value is -1.03. The van der Waals surface area contributed by atoms with Crippen molar-refractivity contribution in [3.05, 3.63) is 30.1 Å². The lowest BCUT2D eigenvalue weighted by atomic mass is 9.95. The van der Waals surface area contributed by atoms with E-state index in [0.717, 1.165) is 23.5 Å². The molecule has 1 N–H and O–H groups in total. The lowest BCUT2D eigenvalue weighted by molar-refractivity contribution is -0.121. The molecule has 1 amide bonds. The fourth-order valence-corrected chi connectivity index (χ4v) is 3.19. The van der Waals surface area contributed by atoms with Gasteiger partial charge in [0.25, 0.3) is 0 Å². The third-order valence-corrected chi connectivity index (χ3v) is 4.40. The predicted octanol–water partition coefficient (Wildman–Crippen LogP) is 3.76. The number of carbonyl (C=O) groups excluding carboxylic acids is 1. The van der Waals surface area contributed by atoms with Crippen LogP contribution in [0.1, 0.15) is 38.5 Å². The highest BCUT2D eigenvalue weighted by atomic mass is 32.2. The maximum atomic E-state index is 12.7. The van der Waals surface area contributed by atoms with Crippen LogP contribution < -0.4 is 5.32 Å². The molecule has 1 aromatic carbocycles. The molecule has 2 rings (SSSR count). The molecule has 1 fully saturated rings. The minimum absolute atomic E-state index is 0.140. The van der Waals surface area contributed by atoms with Crippen molar-refractivity contribution in [1.29, 1.82) is 0 Å². The van der Waals surface area contributed by atoms with Crippen molar-refractivity contribution in [1.82, 2.24) is 5.32 Å². The van der Waals surface area contributed by atoms with E-state index in [4.69, 9.17) is 0 Å². The van der Waals surface area contributed by atoms with E-state index in [0.29, 0.717) is 12.5 Å². The lowest BCUT2D eigenvalue weighted by Crippen LogP contribution is -2.36. The first-order valence-electron chi connectivity index (χ1n) is 6.92. The van der Waals surface area contributed by atoms with Crippen molar-refractivity contribution in [2.24, 2.45) is 0 Å². The minimum atomic E-state index is -0.223. The summed E-state index contributed by atoms with van der Waals surface area (Å²) in [6.45, 7) is 0. The van der Waals surface area contributed by atoms with Crippen molar-refractivity contribution in [2.45, 2.75) is 49.5 Å². The van der Waals surface area contributed by atoms with Crippen LogP contribution in [0.15, 0.2) is 29.2 Å². The van der Waals surface area contributed by atoms with Gasteiger partial charge in [-0.3, -0.25) is 4.79 Å². The van der Waals surface area contributed by atoms with Crippen molar-refractivity contribution in [3.8, 4) is 0 Å². The van der Waals surface area contributed by atoms with E-state index in [2.05, 4.69) is 5.32 Å². The number of benzene rings is 1. The van der Waals surface area contributed by atoms with Crippen LogP contribution in [0.2, 0.25) is 0 Å². The van der Waals surface area contributed by atoms with E-state index in [-0.39, 0.29) is 11.7 Å². The zero-order valence-corrected chi connectivity index (χ0v) is 11.8. The molecule has 1 aliphatic rings. The predicted molar refractivity (Wildman–Crippen MR) is 76.8 cm³/mol. The topological polar surface area (TPSA) is 29.1 Å². The highest BCUT2D eigenvalue weighted by molar-refractivity contribution is 7.99. The Morgan fingerprint density at radius 1 is 1.21 bits per heavy atom. The van der Waals surface area contributed by atoms with E-state index in [1.807, 2.05) is 0 Å². The number of nitrogens with one attached hydrogen (secondary N) is 1. The summed E-state index contributed by atoms with van der Waals surface area (Å²) in [5.41, 5.74) is 0. The van der Waals surface area contributed by atoms with Crippen molar-refractivity contribution in [3.63, 3.8) is 0 Å². The summed E-state index contributed by atoms with van der Waals surface area (Å²) >= 11 is 1.59. The van der Waals surface area contributed by atoms with Crippen molar-refractivity contribution >= 4 is 17.7 Å². The molecule has 0 saturated heterocycles. The highest BCUT2D eigenvalue weighted by Gasteiger charge is 2.15. The van der Waals surface area contributed by atoms with Crippen molar-refractivity contribution in [2.75, 3.05) is 5.75 Å². The molecule has 0 unspecified atom stereocenters. The quantitative estimate of drug-likeness (QED) is 0.833. The van der Waals surface area contributed by atoms with Crippen LogP contribution in [0.25, 0.3) is 0 Å². The second-order valence-corrected chi connectivity index (χ2v) is 6.12. The molecule has 0 atom stereocenters. The lowest BCUT2D eigenvalue weighted by Gasteiger charge is -2.22. The van der Waals surface area contributed by atoms with Gasteiger partial charge in [0.2, 0.25) is 5.91 Å². The fourth-order valence-electron chi connectivity index (χ4n) is 2.34. The van der Waals surface area contributed by atoms with E-state index < -0.39 is 0 Å². The molecule has 0 spiro atoms. The molecule has 0 aromatic heterocycles. The normalized spacial score (nSPS) is 16.3. The monoisotopic (exact) mass is 281 g/mol. The van der Waals surface area contributed by atoms with Crippen LogP contribution in [-0.2, 0) is 4.79 Å². The molecule has 0 aliphatic heterocycles. The van der Waals surface area contributed by atoms with E-state index >= 15 is 0 Å². The van der Waals surface area contributed by atoms with Crippen LogP contribution in [0.3, 0.4) is 0 Å². The Morgan fingerprint density at radius 3 is 2.58 bits per heavy atom. The van der Waals surface area contributed by atoms with Gasteiger partial charge in [-0.05, 0) is 37.1 Å². The third kappa shape index (κ3) is 5.23. The van der Waals surface area contributed by atoms with Gasteiger partial charge in [-0.1, -0.05) is 19.3 Å². The van der Waals surface area contributed by atoms with Crippen LogP contribution in [-0.4, -0.2) is 17.7 Å². The average molecular weight is 281 g/mol. The Morgan fingerprint density at radius 2 is 1.89 bits per heavy atom. The van der Waals surface area contributed by atoms with Gasteiger partial charge in [0.05, 0.1) is 0 Å². The number of thioether (sulfide) groups is 1. The van der Waals surface area contributed by atoms with Gasteiger partial charge in [-0.25, -0.2) is 4.39 Å². The van der Waals surface area contributed by atoms with Crippen LogP contribution >= 0.6 is 11.8 Å². The van der Waals surface area contributed by atoms with Gasteiger partial charge in [0, 0.05) is 23.1 Å². The van der Waals surface area contributed by atoms with Gasteiger partial charge in [0.15, 0.2) is 0 Å². The molecule has 1 aliphatic carbocycles. The molecule has 0 heterocycles. The summed E-state index contributed by atoms with van der Waals surface area (Å²) in [5.74, 6) is 0.658. The Kier molecular flexibility index (Phi) is 5.70. The molecule has 1 aromatic rings. The number of carbonyl (C=O) groups is 1. The second kappa shape index (κ2) is 7.53. The van der Waals surface area contributed by atoms with Gasteiger partial charge >= 0.3 is 0 Å². The Labute approximate surface area is 118 Å². The van der Waals surface area contributed by atoms with Crippen LogP contribution in [0.4, 0.5) is 4.39 Å². The average Bonchev–Trinajstić information content (AvgIpc) is 2.42.